The predicted octanol–water partition coefficient (Wildman–Crippen LogP) is 6.93. The number of halogens is 2. The maximum Gasteiger partial charge on any atom is 0.410 e. The summed E-state index contributed by atoms with van der Waals surface area (Å²) < 4.78 is 59.1. The molecule has 286 valence electrons. The molecule has 2 bridgehead atoms. The van der Waals surface area contributed by atoms with Gasteiger partial charge in [0.1, 0.15) is 41.2 Å². The Hall–Kier alpha value is -4.52. The van der Waals surface area contributed by atoms with Crippen molar-refractivity contribution in [3.05, 3.63) is 35.6 Å². The second-order valence-corrected chi connectivity index (χ2v) is 16.6. The third-order valence-corrected chi connectivity index (χ3v) is 11.6. The average Bonchev–Trinajstić information content (AvgIpc) is 3.70. The summed E-state index contributed by atoms with van der Waals surface area (Å²) in [6, 6.07) is 6.34. The lowest BCUT2D eigenvalue weighted by atomic mass is 9.95. The van der Waals surface area contributed by atoms with Crippen LogP contribution in [0.25, 0.3) is 21.1 Å². The van der Waals surface area contributed by atoms with E-state index in [-0.39, 0.29) is 54.0 Å². The molecule has 0 aliphatic carbocycles. The number of anilines is 1. The molecule has 1 amide bonds. The smallest absolute Gasteiger partial charge is 0.410 e. The number of hydrogen-bond acceptors (Lipinski definition) is 12. The number of thiazole rings is 1. The molecule has 12 nitrogen and oxygen atoms in total. The van der Waals surface area contributed by atoms with Crippen molar-refractivity contribution < 1.29 is 37.3 Å². The number of carbonyl (C=O) groups excluding carboxylic acids is 1. The number of nitrogens with zero attached hydrogens (tertiary/aromatic N) is 6. The number of benzene rings is 2. The maximum atomic E-state index is 15.0. The number of piperidine rings is 1. The average molecular weight is 763 g/mol. The van der Waals surface area contributed by atoms with Crippen molar-refractivity contribution in [3.63, 3.8) is 0 Å². The number of rotatable bonds is 9. The summed E-state index contributed by atoms with van der Waals surface area (Å²) in [5, 5.41) is 1.23. The first-order valence-corrected chi connectivity index (χ1v) is 19.2. The third-order valence-electron chi connectivity index (χ3n) is 10.8. The minimum Gasteiger partial charge on any atom is -0.467 e. The molecule has 7 heterocycles. The van der Waals surface area contributed by atoms with E-state index >= 15 is 4.39 Å². The van der Waals surface area contributed by atoms with Crippen molar-refractivity contribution in [2.75, 3.05) is 58.1 Å². The van der Waals surface area contributed by atoms with Crippen molar-refractivity contribution in [1.29, 1.82) is 0 Å². The number of hydrogen-bond donors (Lipinski definition) is 0. The number of methoxy groups -OCH3 is 1. The fourth-order valence-corrected chi connectivity index (χ4v) is 9.24. The van der Waals surface area contributed by atoms with Crippen LogP contribution in [0.1, 0.15) is 58.4 Å². The third kappa shape index (κ3) is 7.07. The molecule has 15 heteroatoms. The molecule has 0 N–H and O–H groups in total. The van der Waals surface area contributed by atoms with Crippen LogP contribution in [0.15, 0.2) is 24.3 Å². The summed E-state index contributed by atoms with van der Waals surface area (Å²) in [4.78, 5) is 34.7. The zero-order chi connectivity index (χ0) is 37.8. The molecule has 0 saturated carbocycles. The number of carbonyl (C=O) groups is 1. The molecule has 5 aliphatic rings. The van der Waals surface area contributed by atoms with Crippen LogP contribution in [-0.4, -0.2) is 107 Å². The lowest BCUT2D eigenvalue weighted by Gasteiger charge is -2.37. The predicted molar refractivity (Wildman–Crippen MR) is 200 cm³/mol. The Morgan fingerprint density at radius 3 is 2.76 bits per heavy atom. The fraction of sp³-hybridized carbons (Fsp3) is 0.538. The Morgan fingerprint density at radius 1 is 1.11 bits per heavy atom. The van der Waals surface area contributed by atoms with Crippen LogP contribution in [0.4, 0.5) is 19.4 Å². The van der Waals surface area contributed by atoms with Gasteiger partial charge in [0.05, 0.1) is 17.1 Å². The zero-order valence-electron chi connectivity index (χ0n) is 30.9. The van der Waals surface area contributed by atoms with Gasteiger partial charge in [-0.05, 0) is 76.4 Å². The molecule has 4 atom stereocenters. The number of terminal acetylenes is 1. The SMILES string of the molecule is C#Cc1c(F)ccc2cc(OCOC)cc(Oc3nc4c(N5CC6CCC(C5)N(C(=O)OC(C)(C)C)C6)nc(OC[C@@]56CCCN5CC(F)C6)nc4s3)c12. The van der Waals surface area contributed by atoms with Crippen LogP contribution in [0.5, 0.6) is 22.7 Å². The Balaban J connectivity index is 1.17. The van der Waals surface area contributed by atoms with Crippen LogP contribution in [0, 0.1) is 24.1 Å². The van der Waals surface area contributed by atoms with Gasteiger partial charge in [0.15, 0.2) is 17.4 Å². The highest BCUT2D eigenvalue weighted by molar-refractivity contribution is 7.19. The van der Waals surface area contributed by atoms with Gasteiger partial charge >= 0.3 is 12.1 Å². The highest BCUT2D eigenvalue weighted by Crippen LogP contribution is 2.43. The van der Waals surface area contributed by atoms with Crippen molar-refractivity contribution in [3.8, 4) is 35.0 Å². The van der Waals surface area contributed by atoms with Gasteiger partial charge in [-0.1, -0.05) is 23.3 Å². The van der Waals surface area contributed by atoms with E-state index in [1.807, 2.05) is 25.7 Å². The van der Waals surface area contributed by atoms with Gasteiger partial charge in [-0.15, -0.1) is 6.42 Å². The zero-order valence-corrected chi connectivity index (χ0v) is 31.7. The van der Waals surface area contributed by atoms with E-state index in [9.17, 15) is 9.18 Å². The van der Waals surface area contributed by atoms with Crippen molar-refractivity contribution in [2.24, 2.45) is 5.92 Å². The molecule has 0 radical (unpaired) electrons. The molecule has 5 aliphatic heterocycles. The van der Waals surface area contributed by atoms with Gasteiger partial charge in [0, 0.05) is 51.2 Å². The normalized spacial score (nSPS) is 24.1. The van der Waals surface area contributed by atoms with Crippen molar-refractivity contribution >= 4 is 44.4 Å². The van der Waals surface area contributed by atoms with Gasteiger partial charge in [0.2, 0.25) is 0 Å². The molecule has 0 spiro atoms. The lowest BCUT2D eigenvalue weighted by molar-refractivity contribution is 0.00808. The highest BCUT2D eigenvalue weighted by Gasteiger charge is 2.49. The Labute approximate surface area is 316 Å². The number of amides is 1. The number of aromatic nitrogens is 3. The Morgan fingerprint density at radius 2 is 1.96 bits per heavy atom. The van der Waals surface area contributed by atoms with Crippen molar-refractivity contribution in [2.45, 2.75) is 76.2 Å². The standard InChI is InChI=1S/C39H44F2N6O6S/c1-6-28-29(41)11-9-24-14-27(51-22-49-5)15-30(31(24)28)52-36-42-32-33(45-17-23-8-10-26(20-45)47(18-23)37(48)53-38(2,3)4)43-35(44-34(32)54-36)50-21-39-12-7-13-46(39)19-25(40)16-39/h1,9,11,14-15,23,25-26H,7-8,10,12-13,16-22H2,2-5H3/t23?,25?,26?,39-/m0/s1. The van der Waals surface area contributed by atoms with E-state index < -0.39 is 23.1 Å². The summed E-state index contributed by atoms with van der Waals surface area (Å²) in [6.07, 6.45) is 8.59. The first kappa shape index (κ1) is 36.5. The van der Waals surface area contributed by atoms with Gasteiger partial charge in [0.25, 0.3) is 5.19 Å². The first-order valence-electron chi connectivity index (χ1n) is 18.4. The molecular weight excluding hydrogens is 719 g/mol. The van der Waals surface area contributed by atoms with Crippen molar-refractivity contribution in [1.82, 2.24) is 24.8 Å². The molecule has 5 fully saturated rings. The first-order chi connectivity index (χ1) is 25.9. The molecule has 54 heavy (non-hydrogen) atoms. The molecule has 2 aromatic carbocycles. The topological polar surface area (TPSA) is 112 Å². The van der Waals surface area contributed by atoms with Gasteiger partial charge in [-0.25, -0.2) is 13.6 Å². The summed E-state index contributed by atoms with van der Waals surface area (Å²) in [7, 11) is 1.52. The summed E-state index contributed by atoms with van der Waals surface area (Å²) in [6.45, 7) is 8.82. The number of ether oxygens (including phenoxy) is 5. The molecule has 2 aromatic heterocycles. The summed E-state index contributed by atoms with van der Waals surface area (Å²) in [5.74, 6) is 3.31. The van der Waals surface area contributed by atoms with E-state index in [0.717, 1.165) is 32.2 Å². The molecule has 9 rings (SSSR count). The number of fused-ring (bicyclic) bond motifs is 7. The molecule has 4 aromatic rings. The van der Waals surface area contributed by atoms with E-state index in [1.54, 1.807) is 18.2 Å². The summed E-state index contributed by atoms with van der Waals surface area (Å²) in [5.41, 5.74) is -0.461. The quantitative estimate of drug-likeness (QED) is 0.131. The van der Waals surface area contributed by atoms with Crippen LogP contribution in [0.2, 0.25) is 0 Å². The fourth-order valence-electron chi connectivity index (χ4n) is 8.45. The van der Waals surface area contributed by atoms with Crippen LogP contribution in [-0.2, 0) is 9.47 Å². The Kier molecular flexibility index (Phi) is 9.64. The Bertz CT molecular complexity index is 2120. The highest BCUT2D eigenvalue weighted by atomic mass is 32.1. The second-order valence-electron chi connectivity index (χ2n) is 15.7. The largest absolute Gasteiger partial charge is 0.467 e. The number of alkyl halides is 1. The van der Waals surface area contributed by atoms with E-state index in [0.29, 0.717) is 65.3 Å². The van der Waals surface area contributed by atoms with Crippen LogP contribution in [0.3, 0.4) is 0 Å². The minimum absolute atomic E-state index is 0.00872. The van der Waals surface area contributed by atoms with Crippen LogP contribution < -0.4 is 19.1 Å². The van der Waals surface area contributed by atoms with Crippen LogP contribution >= 0.6 is 11.3 Å². The molecular formula is C39H44F2N6O6S. The summed E-state index contributed by atoms with van der Waals surface area (Å²) >= 11 is 1.19. The van der Waals surface area contributed by atoms with Gasteiger partial charge in [-0.3, -0.25) is 4.90 Å². The van der Waals surface area contributed by atoms with E-state index in [1.165, 1.54) is 24.5 Å². The lowest BCUT2D eigenvalue weighted by Crippen LogP contribution is -2.49. The van der Waals surface area contributed by atoms with E-state index in [2.05, 4.69) is 15.7 Å². The van der Waals surface area contributed by atoms with Gasteiger partial charge in [-0.2, -0.15) is 15.0 Å². The maximum absolute atomic E-state index is 15.0. The monoisotopic (exact) mass is 762 g/mol. The minimum atomic E-state index is -0.896. The molecule has 5 saturated heterocycles. The van der Waals surface area contributed by atoms with Gasteiger partial charge < -0.3 is 33.5 Å². The van der Waals surface area contributed by atoms with E-state index in [4.69, 9.17) is 45.1 Å². The second kappa shape index (κ2) is 14.3. The molecule has 3 unspecified atom stereocenters.